The molecule has 1 aromatic carbocycles. The van der Waals surface area contributed by atoms with Crippen LogP contribution in [0, 0.1) is 21.4 Å². The highest BCUT2D eigenvalue weighted by atomic mass is 32.2. The highest BCUT2D eigenvalue weighted by molar-refractivity contribution is 7.89. The van der Waals surface area contributed by atoms with Crippen molar-refractivity contribution in [2.45, 2.75) is 11.1 Å². The molecule has 0 saturated carbocycles. The Morgan fingerprint density at radius 2 is 1.80 bits per heavy atom. The van der Waals surface area contributed by atoms with Gasteiger partial charge in [0.25, 0.3) is 0 Å². The van der Waals surface area contributed by atoms with Crippen LogP contribution in [-0.2, 0) is 16.2 Å². The third-order valence-corrected chi connectivity index (χ3v) is 6.42. The minimum Gasteiger partial charge on any atom is -0.354 e. The number of aromatic nitrogens is 1. The van der Waals surface area contributed by atoms with Gasteiger partial charge in [0.2, 0.25) is 15.7 Å². The molecule has 1 aromatic heterocycles. The summed E-state index contributed by atoms with van der Waals surface area (Å²) in [6.07, 6.45) is -4.66. The lowest BCUT2D eigenvalue weighted by Gasteiger charge is -2.34. The molecule has 2 aromatic rings. The Morgan fingerprint density at radius 1 is 1.13 bits per heavy atom. The van der Waals surface area contributed by atoms with E-state index in [-0.39, 0.29) is 37.7 Å². The number of hydrogen-bond donors (Lipinski definition) is 0. The van der Waals surface area contributed by atoms with Crippen molar-refractivity contribution in [3.05, 3.63) is 57.8 Å². The van der Waals surface area contributed by atoms with Gasteiger partial charge in [0.1, 0.15) is 11.9 Å². The largest absolute Gasteiger partial charge is 0.416 e. The number of halogens is 3. The number of alkyl halides is 3. The highest BCUT2D eigenvalue weighted by Crippen LogP contribution is 2.31. The third-order valence-electron chi connectivity index (χ3n) is 4.52. The number of nitrogens with zero attached hydrogens (tertiary/aromatic N) is 5. The van der Waals surface area contributed by atoms with Crippen molar-refractivity contribution in [1.29, 1.82) is 5.26 Å². The Labute approximate surface area is 169 Å². The number of piperazine rings is 1. The van der Waals surface area contributed by atoms with Crippen LogP contribution in [0.3, 0.4) is 0 Å². The second kappa shape index (κ2) is 7.88. The first-order valence-electron chi connectivity index (χ1n) is 8.52. The van der Waals surface area contributed by atoms with Crippen LogP contribution >= 0.6 is 0 Å². The van der Waals surface area contributed by atoms with Crippen molar-refractivity contribution in [1.82, 2.24) is 9.29 Å². The van der Waals surface area contributed by atoms with Gasteiger partial charge >= 0.3 is 11.9 Å². The Morgan fingerprint density at radius 3 is 2.37 bits per heavy atom. The van der Waals surface area contributed by atoms with E-state index in [1.165, 1.54) is 6.07 Å². The molecule has 9 nitrogen and oxygen atoms in total. The number of anilines is 1. The molecule has 0 N–H and O–H groups in total. The third kappa shape index (κ3) is 4.19. The molecule has 0 bridgehead atoms. The fourth-order valence-electron chi connectivity index (χ4n) is 2.99. The summed E-state index contributed by atoms with van der Waals surface area (Å²) in [5.74, 6) is 0.272. The summed E-state index contributed by atoms with van der Waals surface area (Å²) in [4.78, 5) is 15.3. The van der Waals surface area contributed by atoms with E-state index in [1.807, 2.05) is 0 Å². The molecule has 30 heavy (non-hydrogen) atoms. The maximum Gasteiger partial charge on any atom is 0.416 e. The van der Waals surface area contributed by atoms with Gasteiger partial charge in [0, 0.05) is 32.2 Å². The number of hydrogen-bond acceptors (Lipinski definition) is 7. The fourth-order valence-corrected chi connectivity index (χ4v) is 4.46. The second-order valence-electron chi connectivity index (χ2n) is 6.32. The molecule has 0 amide bonds. The highest BCUT2D eigenvalue weighted by Gasteiger charge is 2.34. The van der Waals surface area contributed by atoms with Gasteiger partial charge in [-0.05, 0) is 24.3 Å². The lowest BCUT2D eigenvalue weighted by molar-refractivity contribution is -0.385. The summed E-state index contributed by atoms with van der Waals surface area (Å²) < 4.78 is 65.2. The summed E-state index contributed by atoms with van der Waals surface area (Å²) in [7, 11) is -4.14. The van der Waals surface area contributed by atoms with Crippen LogP contribution in [0.5, 0.6) is 0 Å². The maximum atomic E-state index is 12.9. The lowest BCUT2D eigenvalue weighted by atomic mass is 10.2. The van der Waals surface area contributed by atoms with E-state index in [4.69, 9.17) is 5.26 Å². The summed E-state index contributed by atoms with van der Waals surface area (Å²) in [5, 5.41) is 19.9. The molecular weight excluding hydrogens is 427 g/mol. The van der Waals surface area contributed by atoms with Gasteiger partial charge in [-0.3, -0.25) is 10.1 Å². The van der Waals surface area contributed by atoms with Crippen LogP contribution in [0.4, 0.5) is 24.7 Å². The topological polar surface area (TPSA) is 120 Å². The predicted molar refractivity (Wildman–Crippen MR) is 98.0 cm³/mol. The molecule has 13 heteroatoms. The van der Waals surface area contributed by atoms with E-state index >= 15 is 0 Å². The molecule has 0 atom stereocenters. The number of benzene rings is 1. The quantitative estimate of drug-likeness (QED) is 0.528. The zero-order valence-corrected chi connectivity index (χ0v) is 16.0. The predicted octanol–water partition coefficient (Wildman–Crippen LogP) is 2.39. The molecule has 0 aliphatic carbocycles. The van der Waals surface area contributed by atoms with Crippen molar-refractivity contribution in [2.75, 3.05) is 31.1 Å². The Kier molecular flexibility index (Phi) is 5.64. The average Bonchev–Trinajstić information content (AvgIpc) is 2.72. The molecule has 0 unspecified atom stereocenters. The van der Waals surface area contributed by atoms with E-state index in [0.717, 1.165) is 28.6 Å². The molecule has 1 aliphatic heterocycles. The van der Waals surface area contributed by atoms with E-state index in [0.29, 0.717) is 6.07 Å². The molecule has 2 heterocycles. The first-order chi connectivity index (χ1) is 14.0. The number of nitro groups is 1. The van der Waals surface area contributed by atoms with Gasteiger partial charge in [0.05, 0.1) is 15.4 Å². The first-order valence-corrected chi connectivity index (χ1v) is 9.96. The fraction of sp³-hybridized carbons (Fsp3) is 0.294. The Bertz CT molecular complexity index is 1120. The minimum atomic E-state index is -4.66. The normalized spacial score (nSPS) is 15.6. The van der Waals surface area contributed by atoms with Crippen molar-refractivity contribution in [2.24, 2.45) is 0 Å². The van der Waals surface area contributed by atoms with Crippen LogP contribution < -0.4 is 4.90 Å². The summed E-state index contributed by atoms with van der Waals surface area (Å²) in [5.41, 5.74) is -1.86. The van der Waals surface area contributed by atoms with E-state index in [1.54, 1.807) is 11.0 Å². The summed E-state index contributed by atoms with van der Waals surface area (Å²) in [6.45, 7) is 0.236. The molecular formula is C17H14F3N5O4S. The molecule has 0 spiro atoms. The summed E-state index contributed by atoms with van der Waals surface area (Å²) in [6, 6.07) is 7.69. The van der Waals surface area contributed by atoms with Crippen LogP contribution in [0.15, 0.2) is 41.3 Å². The molecule has 158 valence electrons. The maximum absolute atomic E-state index is 12.9. The standard InChI is InChI=1S/C17H14F3N5O4S/c18-17(19,20)12-2-1-3-13(10-12)30(28,29)24-8-6-23(7-9-24)16-5-4-15(25(26)27)14(11-21)22-16/h1-5,10H,6-9H2. The van der Waals surface area contributed by atoms with E-state index < -0.39 is 37.3 Å². The molecule has 3 rings (SSSR count). The van der Waals surface area contributed by atoms with Crippen molar-refractivity contribution < 1.29 is 26.5 Å². The molecule has 1 fully saturated rings. The SMILES string of the molecule is N#Cc1nc(N2CCN(S(=O)(=O)c3cccc(C(F)(F)F)c3)CC2)ccc1[N+](=O)[O-]. The van der Waals surface area contributed by atoms with Crippen molar-refractivity contribution in [3.63, 3.8) is 0 Å². The number of nitriles is 1. The van der Waals surface area contributed by atoms with Gasteiger partial charge in [-0.1, -0.05) is 6.07 Å². The van der Waals surface area contributed by atoms with Gasteiger partial charge in [-0.2, -0.15) is 22.7 Å². The average molecular weight is 441 g/mol. The van der Waals surface area contributed by atoms with Gasteiger partial charge < -0.3 is 4.90 Å². The zero-order valence-electron chi connectivity index (χ0n) is 15.2. The smallest absolute Gasteiger partial charge is 0.354 e. The van der Waals surface area contributed by atoms with Crippen molar-refractivity contribution in [3.8, 4) is 6.07 Å². The summed E-state index contributed by atoms with van der Waals surface area (Å²) >= 11 is 0. The monoisotopic (exact) mass is 441 g/mol. The zero-order chi connectivity index (χ0) is 22.1. The minimum absolute atomic E-state index is 0.0286. The Hall–Kier alpha value is -3.24. The second-order valence-corrected chi connectivity index (χ2v) is 8.26. The number of pyridine rings is 1. The van der Waals surface area contributed by atoms with Gasteiger partial charge in [0.15, 0.2) is 0 Å². The van der Waals surface area contributed by atoms with E-state index in [2.05, 4.69) is 4.98 Å². The van der Waals surface area contributed by atoms with E-state index in [9.17, 15) is 31.7 Å². The molecule has 0 radical (unpaired) electrons. The molecule has 1 saturated heterocycles. The van der Waals surface area contributed by atoms with Crippen molar-refractivity contribution >= 4 is 21.5 Å². The molecule has 1 aliphatic rings. The lowest BCUT2D eigenvalue weighted by Crippen LogP contribution is -2.49. The van der Waals surface area contributed by atoms with Crippen LogP contribution in [0.25, 0.3) is 0 Å². The number of sulfonamides is 1. The van der Waals surface area contributed by atoms with Crippen LogP contribution in [0.1, 0.15) is 11.3 Å². The van der Waals surface area contributed by atoms with Crippen LogP contribution in [-0.4, -0.2) is 48.8 Å². The first kappa shape index (κ1) is 21.5. The van der Waals surface area contributed by atoms with Crippen LogP contribution in [0.2, 0.25) is 0 Å². The van der Waals surface area contributed by atoms with Gasteiger partial charge in [-0.15, -0.1) is 0 Å². The number of rotatable bonds is 4. The van der Waals surface area contributed by atoms with Gasteiger partial charge in [-0.25, -0.2) is 13.4 Å². The Balaban J connectivity index is 1.77.